The van der Waals surface area contributed by atoms with E-state index in [1.165, 1.54) is 12.2 Å². The van der Waals surface area contributed by atoms with E-state index in [-0.39, 0.29) is 0 Å². The van der Waals surface area contributed by atoms with E-state index in [1.807, 2.05) is 0 Å². The van der Waals surface area contributed by atoms with Crippen LogP contribution in [0.5, 0.6) is 0 Å². The van der Waals surface area contributed by atoms with E-state index in [9.17, 15) is 13.2 Å². The summed E-state index contributed by atoms with van der Waals surface area (Å²) in [5.41, 5.74) is -0.488. The monoisotopic (exact) mass is 416 g/mol. The molecule has 0 spiro atoms. The van der Waals surface area contributed by atoms with Crippen molar-refractivity contribution in [3.8, 4) is 0 Å². The van der Waals surface area contributed by atoms with Crippen LogP contribution in [0.4, 0.5) is 13.2 Å². The van der Waals surface area contributed by atoms with E-state index in [0.717, 1.165) is 0 Å². The summed E-state index contributed by atoms with van der Waals surface area (Å²) in [6.45, 7) is 0. The van der Waals surface area contributed by atoms with Crippen LogP contribution in [0.25, 0.3) is 0 Å². The first kappa shape index (κ1) is 11.8. The van der Waals surface area contributed by atoms with E-state index in [2.05, 4.69) is 23.5 Å². The first-order chi connectivity index (χ1) is 5.91. The molecule has 0 saturated carbocycles. The van der Waals surface area contributed by atoms with Gasteiger partial charge in [0.05, 0.1) is 0 Å². The Hall–Kier alpha value is 0.730. The van der Waals surface area contributed by atoms with Crippen molar-refractivity contribution in [2.75, 3.05) is 4.93 Å². The van der Waals surface area contributed by atoms with Gasteiger partial charge in [0.2, 0.25) is 0 Å². The van der Waals surface area contributed by atoms with Crippen LogP contribution in [-0.4, -0.2) is 15.0 Å². The van der Waals surface area contributed by atoms with Gasteiger partial charge >= 0.3 is 92.9 Å². The maximum absolute atomic E-state index is 12.2. The van der Waals surface area contributed by atoms with Crippen LogP contribution >= 0.6 is 34.5 Å². The van der Waals surface area contributed by atoms with Gasteiger partial charge in [0.25, 0.3) is 0 Å². The molecule has 0 nitrogen and oxygen atoms in total. The van der Waals surface area contributed by atoms with E-state index in [0.29, 0.717) is 10.3 Å². The number of alkyl halides is 5. The van der Waals surface area contributed by atoms with Crippen LogP contribution in [0.15, 0.2) is 23.8 Å². The van der Waals surface area contributed by atoms with E-state index < -0.39 is 27.6 Å². The van der Waals surface area contributed by atoms with Gasteiger partial charge in [-0.25, -0.2) is 0 Å². The second-order valence-corrected chi connectivity index (χ2v) is 15.5. The Balaban J connectivity index is 2.66. The molecule has 0 aliphatic heterocycles. The van der Waals surface area contributed by atoms with Crippen LogP contribution in [0.3, 0.4) is 0 Å². The van der Waals surface area contributed by atoms with Gasteiger partial charge in [-0.15, -0.1) is 0 Å². The van der Waals surface area contributed by atoms with Crippen LogP contribution in [-0.2, 0) is 0 Å². The normalized spacial score (nSPS) is 24.2. The Morgan fingerprint density at radius 1 is 1.54 bits per heavy atom. The SMILES string of the molecule is CI(I)C1C=CC(C(F)(F)F)=CC1. The summed E-state index contributed by atoms with van der Waals surface area (Å²) in [5.74, 6) is 0. The third-order valence-electron chi connectivity index (χ3n) is 1.76. The molecule has 0 fully saturated rings. The number of allylic oxidation sites excluding steroid dienone is 4. The van der Waals surface area contributed by atoms with Gasteiger partial charge in [0.1, 0.15) is 0 Å². The molecule has 1 unspecified atom stereocenters. The van der Waals surface area contributed by atoms with Gasteiger partial charge in [0, 0.05) is 0 Å². The molecule has 0 radical (unpaired) electrons. The van der Waals surface area contributed by atoms with Gasteiger partial charge in [-0.3, -0.25) is 0 Å². The molecule has 0 aromatic rings. The van der Waals surface area contributed by atoms with Gasteiger partial charge in [0.15, 0.2) is 0 Å². The molecule has 0 heterocycles. The number of halogens is 5. The van der Waals surface area contributed by atoms with Crippen LogP contribution in [0, 0.1) is 0 Å². The van der Waals surface area contributed by atoms with Gasteiger partial charge in [-0.2, -0.15) is 0 Å². The van der Waals surface area contributed by atoms with Gasteiger partial charge < -0.3 is 0 Å². The van der Waals surface area contributed by atoms with Crippen LogP contribution in [0.1, 0.15) is 6.42 Å². The van der Waals surface area contributed by atoms with Crippen molar-refractivity contribution < 1.29 is 13.2 Å². The number of hydrogen-bond acceptors (Lipinski definition) is 0. The Bertz CT molecular complexity index is 240. The van der Waals surface area contributed by atoms with Crippen molar-refractivity contribution in [3.05, 3.63) is 23.8 Å². The average molecular weight is 416 g/mol. The molecule has 0 saturated heterocycles. The third kappa shape index (κ3) is 3.41. The predicted molar refractivity (Wildman–Crippen MR) is 65.6 cm³/mol. The van der Waals surface area contributed by atoms with Crippen molar-refractivity contribution in [2.24, 2.45) is 0 Å². The second kappa shape index (κ2) is 4.50. The summed E-state index contributed by atoms with van der Waals surface area (Å²) < 4.78 is 36.9. The molecule has 0 aromatic carbocycles. The molecule has 0 bridgehead atoms. The first-order valence-electron chi connectivity index (χ1n) is 3.62. The minimum absolute atomic E-state index is 0.399. The average Bonchev–Trinajstić information content (AvgIpc) is 2.03. The summed E-state index contributed by atoms with van der Waals surface area (Å²) in [6, 6.07) is 0. The molecule has 1 aliphatic carbocycles. The van der Waals surface area contributed by atoms with Crippen molar-refractivity contribution in [3.63, 3.8) is 0 Å². The van der Waals surface area contributed by atoms with E-state index in [4.69, 9.17) is 0 Å². The van der Waals surface area contributed by atoms with Crippen molar-refractivity contribution in [1.82, 2.24) is 0 Å². The molecule has 1 aliphatic rings. The Morgan fingerprint density at radius 2 is 2.15 bits per heavy atom. The van der Waals surface area contributed by atoms with Crippen LogP contribution < -0.4 is 0 Å². The zero-order chi connectivity index (χ0) is 10.1. The standard InChI is InChI=1S/C8H9F3I2/c1-13(12)7-4-2-6(3-5-7)8(9,10)11/h2-4,7H,5H2,1H3. The maximum atomic E-state index is 12.2. The predicted octanol–water partition coefficient (Wildman–Crippen LogP) is 4.29. The molecular formula is C8H9F3I2. The van der Waals surface area contributed by atoms with E-state index >= 15 is 0 Å². The number of rotatable bonds is 1. The Kier molecular flexibility index (Phi) is 4.09. The van der Waals surface area contributed by atoms with E-state index in [1.54, 1.807) is 6.08 Å². The van der Waals surface area contributed by atoms with Crippen molar-refractivity contribution >= 4 is 34.5 Å². The molecule has 5 heteroatoms. The fraction of sp³-hybridized carbons (Fsp3) is 0.500. The fourth-order valence-electron chi connectivity index (χ4n) is 1.03. The summed E-state index contributed by atoms with van der Waals surface area (Å²) in [5, 5.41) is 0. The molecule has 76 valence electrons. The molecule has 0 amide bonds. The summed E-state index contributed by atoms with van der Waals surface area (Å²) in [4.78, 5) is 2.16. The summed E-state index contributed by atoms with van der Waals surface area (Å²) in [7, 11) is 0. The fourth-order valence-corrected chi connectivity index (χ4v) is 5.10. The quantitative estimate of drug-likeness (QED) is 0.442. The molecule has 13 heavy (non-hydrogen) atoms. The molecular weight excluding hydrogens is 407 g/mol. The Labute approximate surface area is 92.2 Å². The molecule has 0 aromatic heterocycles. The van der Waals surface area contributed by atoms with Crippen molar-refractivity contribution in [2.45, 2.75) is 16.5 Å². The minimum atomic E-state index is -4.17. The van der Waals surface area contributed by atoms with Crippen molar-refractivity contribution in [1.29, 1.82) is 0 Å². The number of hydrogen-bond donors (Lipinski definition) is 0. The topological polar surface area (TPSA) is 0 Å². The van der Waals surface area contributed by atoms with Crippen LogP contribution in [0.2, 0.25) is 0 Å². The summed E-state index contributed by atoms with van der Waals surface area (Å²) >= 11 is 1.36. The molecule has 0 N–H and O–H groups in total. The van der Waals surface area contributed by atoms with Gasteiger partial charge in [-0.1, -0.05) is 0 Å². The molecule has 1 rings (SSSR count). The molecule has 1 atom stereocenters. The third-order valence-corrected chi connectivity index (χ3v) is 8.95. The zero-order valence-electron chi connectivity index (χ0n) is 6.91. The first-order valence-corrected chi connectivity index (χ1v) is 13.3. The second-order valence-electron chi connectivity index (χ2n) is 2.71. The zero-order valence-corrected chi connectivity index (χ0v) is 11.2. The van der Waals surface area contributed by atoms with Gasteiger partial charge in [-0.05, 0) is 0 Å². The Morgan fingerprint density at radius 3 is 2.46 bits per heavy atom. The summed E-state index contributed by atoms with van der Waals surface area (Å²) in [6.07, 6.45) is 0.660.